The van der Waals surface area contributed by atoms with Gasteiger partial charge >= 0.3 is 20.2 Å². The van der Waals surface area contributed by atoms with Crippen molar-refractivity contribution >= 4 is 20.2 Å². The first-order valence-corrected chi connectivity index (χ1v) is 15.3. The van der Waals surface area contributed by atoms with Crippen molar-refractivity contribution in [1.82, 2.24) is 0 Å². The van der Waals surface area contributed by atoms with Crippen molar-refractivity contribution < 1.29 is 29.9 Å². The maximum absolute atomic E-state index is 11.9. The number of ether oxygens (including phenoxy) is 1. The van der Waals surface area contributed by atoms with Gasteiger partial charge in [0.15, 0.2) is 11.5 Å². The molecule has 0 atom stereocenters. The normalized spacial score (nSPS) is 11.6. The van der Waals surface area contributed by atoms with Gasteiger partial charge in [0.2, 0.25) is 0 Å². The van der Waals surface area contributed by atoms with E-state index in [1.54, 1.807) is 36.4 Å². The van der Waals surface area contributed by atoms with Crippen LogP contribution < -0.4 is 13.1 Å². The molecule has 0 aliphatic rings. The lowest BCUT2D eigenvalue weighted by molar-refractivity contribution is 0.314. The third-order valence-electron chi connectivity index (χ3n) is 5.37. The lowest BCUT2D eigenvalue weighted by atomic mass is 9.91. The maximum atomic E-state index is 11.9. The van der Waals surface area contributed by atoms with Gasteiger partial charge in [-0.2, -0.15) is 16.8 Å². The second-order valence-electron chi connectivity index (χ2n) is 9.16. The highest BCUT2D eigenvalue weighted by atomic mass is 32.2. The molecule has 0 unspecified atom stereocenters. The van der Waals surface area contributed by atoms with Gasteiger partial charge in [0.1, 0.15) is 5.75 Å². The monoisotopic (exact) mass is 544 g/mol. The van der Waals surface area contributed by atoms with Crippen molar-refractivity contribution in [1.29, 1.82) is 0 Å². The summed E-state index contributed by atoms with van der Waals surface area (Å²) in [6, 6.07) is 16.2. The van der Waals surface area contributed by atoms with Crippen molar-refractivity contribution in [3.63, 3.8) is 0 Å². The first-order chi connectivity index (χ1) is 17.2. The Kier molecular flexibility index (Phi) is 8.71. The Bertz CT molecular complexity index is 1490. The van der Waals surface area contributed by atoms with E-state index in [2.05, 4.69) is 0 Å². The molecule has 7 nitrogen and oxygen atoms in total. The minimum atomic E-state index is -3.76. The van der Waals surface area contributed by atoms with Crippen LogP contribution in [0, 0.1) is 13.8 Å². The van der Waals surface area contributed by atoms with Crippen LogP contribution in [-0.2, 0) is 20.2 Å². The zero-order valence-corrected chi connectivity index (χ0v) is 23.5. The van der Waals surface area contributed by atoms with E-state index in [0.29, 0.717) is 18.8 Å². The summed E-state index contributed by atoms with van der Waals surface area (Å²) in [7, 11) is -7.35. The second kappa shape index (κ2) is 11.4. The largest absolute Gasteiger partial charge is 0.489 e. The maximum Gasteiger partial charge on any atom is 0.306 e. The van der Waals surface area contributed by atoms with Gasteiger partial charge in [0, 0.05) is 0 Å². The van der Waals surface area contributed by atoms with Crippen molar-refractivity contribution in [3.8, 4) is 39.5 Å². The van der Waals surface area contributed by atoms with E-state index in [4.69, 9.17) is 13.1 Å². The zero-order chi connectivity index (χ0) is 27.4. The van der Waals surface area contributed by atoms with Crippen LogP contribution in [0.4, 0.5) is 0 Å². The Labute approximate surface area is 220 Å². The predicted octanol–water partition coefficient (Wildman–Crippen LogP) is 6.05. The third kappa shape index (κ3) is 8.36. The van der Waals surface area contributed by atoms with Crippen molar-refractivity contribution in [2.45, 2.75) is 34.1 Å². The SMILES string of the molecule is CC(C)=CCCOc1ccc(-c2c(C)cc(-c3ccc(OS(C)(=O)=O)cc3)cc2C)cc1OS(C)(=O)=O. The molecule has 0 bridgehead atoms. The summed E-state index contributed by atoms with van der Waals surface area (Å²) in [5.41, 5.74) is 6.75. The van der Waals surface area contributed by atoms with E-state index in [1.807, 2.05) is 52.0 Å². The van der Waals surface area contributed by atoms with Gasteiger partial charge in [0.05, 0.1) is 19.1 Å². The summed E-state index contributed by atoms with van der Waals surface area (Å²) < 4.78 is 62.6. The van der Waals surface area contributed by atoms with Crippen molar-refractivity contribution in [2.24, 2.45) is 0 Å². The van der Waals surface area contributed by atoms with Crippen molar-refractivity contribution in [3.05, 3.63) is 77.4 Å². The lowest BCUT2D eigenvalue weighted by Gasteiger charge is -2.16. The average molecular weight is 545 g/mol. The fraction of sp³-hybridized carbons (Fsp3) is 0.286. The summed E-state index contributed by atoms with van der Waals surface area (Å²) in [6.45, 7) is 8.37. The first-order valence-electron chi connectivity index (χ1n) is 11.6. The molecule has 3 aromatic carbocycles. The van der Waals surface area contributed by atoms with Gasteiger partial charge in [-0.3, -0.25) is 0 Å². The van der Waals surface area contributed by atoms with E-state index in [1.165, 1.54) is 5.57 Å². The summed E-state index contributed by atoms with van der Waals surface area (Å²) in [6.07, 6.45) is 4.75. The van der Waals surface area contributed by atoms with Gasteiger partial charge in [-0.15, -0.1) is 0 Å². The average Bonchev–Trinajstić information content (AvgIpc) is 2.75. The molecule has 0 spiro atoms. The highest BCUT2D eigenvalue weighted by molar-refractivity contribution is 7.86. The molecule has 0 aliphatic heterocycles. The molecular weight excluding hydrogens is 512 g/mol. The predicted molar refractivity (Wildman–Crippen MR) is 147 cm³/mol. The molecule has 0 saturated heterocycles. The molecule has 0 fully saturated rings. The fourth-order valence-corrected chi connectivity index (χ4v) is 4.91. The molecule has 9 heteroatoms. The molecule has 0 heterocycles. The Hall–Kier alpha value is -3.30. The minimum Gasteiger partial charge on any atom is -0.489 e. The standard InChI is InChI=1S/C28H32O7S2/c1-19(2)8-7-15-33-26-14-11-23(18-27(26)35-37(6,31)32)28-20(3)16-24(17-21(28)4)22-9-12-25(13-10-22)34-36(5,29)30/h8-14,16-18H,7,15H2,1-6H3. The topological polar surface area (TPSA) is 96.0 Å². The molecule has 0 amide bonds. The number of allylic oxidation sites excluding steroid dienone is 1. The molecule has 0 radical (unpaired) electrons. The van der Waals surface area contributed by atoms with Crippen LogP contribution in [-0.4, -0.2) is 36.0 Å². The molecule has 0 aromatic heterocycles. The molecular formula is C28H32O7S2. The van der Waals surface area contributed by atoms with E-state index in [9.17, 15) is 16.8 Å². The van der Waals surface area contributed by atoms with E-state index in [-0.39, 0.29) is 11.5 Å². The van der Waals surface area contributed by atoms with Gasteiger partial charge in [-0.05, 0) is 91.8 Å². The van der Waals surface area contributed by atoms with Crippen LogP contribution in [0.5, 0.6) is 17.2 Å². The number of aryl methyl sites for hydroxylation is 2. The smallest absolute Gasteiger partial charge is 0.306 e. The summed E-state index contributed by atoms with van der Waals surface area (Å²) >= 11 is 0. The lowest BCUT2D eigenvalue weighted by Crippen LogP contribution is -2.08. The number of benzene rings is 3. The second-order valence-corrected chi connectivity index (χ2v) is 12.3. The van der Waals surface area contributed by atoms with Crippen LogP contribution in [0.1, 0.15) is 31.4 Å². The minimum absolute atomic E-state index is 0.140. The number of hydrogen-bond donors (Lipinski definition) is 0. The summed E-state index contributed by atoms with van der Waals surface area (Å²) in [4.78, 5) is 0. The van der Waals surface area contributed by atoms with E-state index in [0.717, 1.165) is 45.9 Å². The molecule has 37 heavy (non-hydrogen) atoms. The molecule has 0 saturated carbocycles. The van der Waals surface area contributed by atoms with Crippen LogP contribution in [0.2, 0.25) is 0 Å². The molecule has 3 rings (SSSR count). The summed E-state index contributed by atoms with van der Waals surface area (Å²) in [5, 5.41) is 0. The quantitative estimate of drug-likeness (QED) is 0.174. The molecule has 3 aromatic rings. The first kappa shape index (κ1) is 28.3. The van der Waals surface area contributed by atoms with Crippen LogP contribution >= 0.6 is 0 Å². The Morgan fingerprint density at radius 2 is 1.30 bits per heavy atom. The van der Waals surface area contributed by atoms with Gasteiger partial charge in [-0.25, -0.2) is 0 Å². The third-order valence-corrected chi connectivity index (χ3v) is 6.35. The van der Waals surface area contributed by atoms with Crippen molar-refractivity contribution in [2.75, 3.05) is 19.1 Å². The van der Waals surface area contributed by atoms with Gasteiger partial charge in [0.25, 0.3) is 0 Å². The number of rotatable bonds is 10. The van der Waals surface area contributed by atoms with Crippen LogP contribution in [0.3, 0.4) is 0 Å². The Balaban J connectivity index is 1.95. The Morgan fingerprint density at radius 1 is 0.730 bits per heavy atom. The zero-order valence-electron chi connectivity index (χ0n) is 21.9. The highest BCUT2D eigenvalue weighted by Crippen LogP contribution is 2.38. The van der Waals surface area contributed by atoms with E-state index < -0.39 is 20.2 Å². The summed E-state index contributed by atoms with van der Waals surface area (Å²) in [5.74, 6) is 0.749. The molecule has 0 N–H and O–H groups in total. The highest BCUT2D eigenvalue weighted by Gasteiger charge is 2.16. The van der Waals surface area contributed by atoms with Gasteiger partial charge < -0.3 is 13.1 Å². The number of hydrogen-bond acceptors (Lipinski definition) is 7. The van der Waals surface area contributed by atoms with Crippen LogP contribution in [0.25, 0.3) is 22.3 Å². The van der Waals surface area contributed by atoms with E-state index >= 15 is 0 Å². The van der Waals surface area contributed by atoms with Crippen LogP contribution in [0.15, 0.2) is 66.2 Å². The van der Waals surface area contributed by atoms with Gasteiger partial charge in [-0.1, -0.05) is 42.0 Å². The molecule has 198 valence electrons. The molecule has 0 aliphatic carbocycles. The Morgan fingerprint density at radius 3 is 1.84 bits per heavy atom. The fourth-order valence-electron chi connectivity index (χ4n) is 3.99.